The second-order valence-electron chi connectivity index (χ2n) is 5.82. The van der Waals surface area contributed by atoms with Crippen molar-refractivity contribution in [1.82, 2.24) is 9.97 Å². The zero-order valence-electron chi connectivity index (χ0n) is 11.1. The van der Waals surface area contributed by atoms with E-state index in [1.54, 1.807) is 0 Å². The Hall–Kier alpha value is -1.16. The van der Waals surface area contributed by atoms with Crippen LogP contribution in [0, 0.1) is 5.92 Å². The van der Waals surface area contributed by atoms with E-state index in [0.717, 1.165) is 30.4 Å². The molecule has 1 aromatic heterocycles. The van der Waals surface area contributed by atoms with Gasteiger partial charge in [0, 0.05) is 17.2 Å². The molecule has 2 aliphatic carbocycles. The van der Waals surface area contributed by atoms with Gasteiger partial charge in [0.2, 0.25) is 0 Å². The zero-order valence-corrected chi connectivity index (χ0v) is 11.1. The van der Waals surface area contributed by atoms with E-state index in [0.29, 0.717) is 5.92 Å². The number of anilines is 1. The SMILES string of the molecule is CC1CCC(c2nc3c(c(NN)n2)CCCC3)C1. The molecule has 18 heavy (non-hydrogen) atoms. The zero-order chi connectivity index (χ0) is 12.5. The van der Waals surface area contributed by atoms with Gasteiger partial charge in [-0.2, -0.15) is 0 Å². The molecule has 4 nitrogen and oxygen atoms in total. The van der Waals surface area contributed by atoms with Crippen molar-refractivity contribution < 1.29 is 0 Å². The number of hydrazine groups is 1. The maximum absolute atomic E-state index is 5.63. The fraction of sp³-hybridized carbons (Fsp3) is 0.714. The summed E-state index contributed by atoms with van der Waals surface area (Å²) in [5, 5.41) is 0. The lowest BCUT2D eigenvalue weighted by atomic mass is 9.95. The Morgan fingerprint density at radius 3 is 2.72 bits per heavy atom. The van der Waals surface area contributed by atoms with Crippen LogP contribution in [0.25, 0.3) is 0 Å². The van der Waals surface area contributed by atoms with Gasteiger partial charge in [0.25, 0.3) is 0 Å². The molecule has 4 heteroatoms. The van der Waals surface area contributed by atoms with Crippen LogP contribution >= 0.6 is 0 Å². The van der Waals surface area contributed by atoms with Crippen molar-refractivity contribution in [3.63, 3.8) is 0 Å². The first kappa shape index (κ1) is 11.9. The summed E-state index contributed by atoms with van der Waals surface area (Å²) >= 11 is 0. The molecule has 2 unspecified atom stereocenters. The van der Waals surface area contributed by atoms with Crippen LogP contribution in [0.1, 0.15) is 62.0 Å². The summed E-state index contributed by atoms with van der Waals surface area (Å²) in [5.74, 6) is 8.87. The van der Waals surface area contributed by atoms with Gasteiger partial charge in [-0.1, -0.05) is 6.92 Å². The first-order chi connectivity index (χ1) is 8.78. The van der Waals surface area contributed by atoms with E-state index in [9.17, 15) is 0 Å². The van der Waals surface area contributed by atoms with E-state index in [2.05, 4.69) is 17.3 Å². The molecule has 2 aliphatic rings. The Balaban J connectivity index is 1.95. The number of nitrogens with two attached hydrogens (primary N) is 1. The van der Waals surface area contributed by atoms with Gasteiger partial charge in [-0.15, -0.1) is 0 Å². The van der Waals surface area contributed by atoms with E-state index < -0.39 is 0 Å². The Morgan fingerprint density at radius 2 is 2.00 bits per heavy atom. The molecule has 98 valence electrons. The first-order valence-electron chi connectivity index (χ1n) is 7.14. The van der Waals surface area contributed by atoms with Gasteiger partial charge in [-0.3, -0.25) is 0 Å². The molecule has 0 bridgehead atoms. The topological polar surface area (TPSA) is 63.8 Å². The van der Waals surface area contributed by atoms with E-state index in [1.807, 2.05) is 0 Å². The molecular formula is C14H22N4. The number of aryl methyl sites for hydroxylation is 1. The summed E-state index contributed by atoms with van der Waals surface area (Å²) < 4.78 is 0. The minimum atomic E-state index is 0.541. The summed E-state index contributed by atoms with van der Waals surface area (Å²) in [6.45, 7) is 2.32. The standard InChI is InChI=1S/C14H22N4/c1-9-6-7-10(8-9)13-16-12-5-3-2-4-11(12)14(17-13)18-15/h9-10H,2-8,15H2,1H3,(H,16,17,18). The van der Waals surface area contributed by atoms with Crippen molar-refractivity contribution in [3.05, 3.63) is 17.1 Å². The maximum atomic E-state index is 5.63. The van der Waals surface area contributed by atoms with Gasteiger partial charge in [0.1, 0.15) is 11.6 Å². The van der Waals surface area contributed by atoms with Gasteiger partial charge < -0.3 is 5.43 Å². The van der Waals surface area contributed by atoms with Gasteiger partial charge >= 0.3 is 0 Å². The van der Waals surface area contributed by atoms with E-state index in [-0.39, 0.29) is 0 Å². The van der Waals surface area contributed by atoms with Crippen LogP contribution in [-0.2, 0) is 12.8 Å². The highest BCUT2D eigenvalue weighted by atomic mass is 15.3. The summed E-state index contributed by atoms with van der Waals surface area (Å²) in [6.07, 6.45) is 8.38. The smallest absolute Gasteiger partial charge is 0.147 e. The third-order valence-electron chi connectivity index (χ3n) is 4.40. The second kappa shape index (κ2) is 4.84. The summed E-state index contributed by atoms with van der Waals surface area (Å²) in [7, 11) is 0. The minimum Gasteiger partial charge on any atom is -0.308 e. The molecule has 1 fully saturated rings. The highest BCUT2D eigenvalue weighted by Crippen LogP contribution is 2.37. The lowest BCUT2D eigenvalue weighted by molar-refractivity contribution is 0.578. The Bertz CT molecular complexity index is 426. The van der Waals surface area contributed by atoms with Crippen molar-refractivity contribution >= 4 is 5.82 Å². The molecule has 3 rings (SSSR count). The molecule has 0 radical (unpaired) electrons. The number of hydrogen-bond acceptors (Lipinski definition) is 4. The number of aromatic nitrogens is 2. The third-order valence-corrected chi connectivity index (χ3v) is 4.40. The van der Waals surface area contributed by atoms with Crippen LogP contribution in [0.3, 0.4) is 0 Å². The van der Waals surface area contributed by atoms with E-state index in [4.69, 9.17) is 10.8 Å². The van der Waals surface area contributed by atoms with Crippen molar-refractivity contribution in [2.45, 2.75) is 57.8 Å². The molecule has 1 aromatic rings. The average molecular weight is 246 g/mol. The monoisotopic (exact) mass is 246 g/mol. The molecular weight excluding hydrogens is 224 g/mol. The maximum Gasteiger partial charge on any atom is 0.147 e. The van der Waals surface area contributed by atoms with Gasteiger partial charge in [-0.25, -0.2) is 15.8 Å². The number of hydrogen-bond donors (Lipinski definition) is 2. The molecule has 1 heterocycles. The van der Waals surface area contributed by atoms with Gasteiger partial charge in [0.05, 0.1) is 0 Å². The van der Waals surface area contributed by atoms with Crippen LogP contribution in [0.2, 0.25) is 0 Å². The number of nitrogens with one attached hydrogen (secondary N) is 1. The fourth-order valence-electron chi connectivity index (χ4n) is 3.36. The highest BCUT2D eigenvalue weighted by Gasteiger charge is 2.27. The molecule has 1 saturated carbocycles. The molecule has 0 aliphatic heterocycles. The number of nitrogen functional groups attached to an aromatic ring is 1. The lowest BCUT2D eigenvalue weighted by Gasteiger charge is -2.20. The van der Waals surface area contributed by atoms with Crippen LogP contribution in [0.4, 0.5) is 5.82 Å². The predicted molar refractivity (Wildman–Crippen MR) is 72.2 cm³/mol. The van der Waals surface area contributed by atoms with Gasteiger partial charge in [-0.05, 0) is 50.9 Å². The quantitative estimate of drug-likeness (QED) is 0.622. The number of rotatable bonds is 2. The Kier molecular flexibility index (Phi) is 3.20. The molecule has 0 spiro atoms. The van der Waals surface area contributed by atoms with Crippen LogP contribution < -0.4 is 11.3 Å². The van der Waals surface area contributed by atoms with Crippen LogP contribution in [0.5, 0.6) is 0 Å². The summed E-state index contributed by atoms with van der Waals surface area (Å²) in [5.41, 5.74) is 5.26. The molecule has 3 N–H and O–H groups in total. The molecule has 0 saturated heterocycles. The molecule has 2 atom stereocenters. The van der Waals surface area contributed by atoms with Crippen molar-refractivity contribution in [3.8, 4) is 0 Å². The predicted octanol–water partition coefficient (Wildman–Crippen LogP) is 2.54. The van der Waals surface area contributed by atoms with E-state index >= 15 is 0 Å². The number of fused-ring (bicyclic) bond motifs is 1. The van der Waals surface area contributed by atoms with Crippen molar-refractivity contribution in [1.29, 1.82) is 0 Å². The summed E-state index contributed by atoms with van der Waals surface area (Å²) in [4.78, 5) is 9.51. The fourth-order valence-corrected chi connectivity index (χ4v) is 3.36. The minimum absolute atomic E-state index is 0.541. The molecule has 0 amide bonds. The average Bonchev–Trinajstić information content (AvgIpc) is 2.84. The molecule has 0 aromatic carbocycles. The Labute approximate surface area is 108 Å². The van der Waals surface area contributed by atoms with E-state index in [1.165, 1.54) is 43.4 Å². The largest absolute Gasteiger partial charge is 0.308 e. The first-order valence-corrected chi connectivity index (χ1v) is 7.14. The highest BCUT2D eigenvalue weighted by molar-refractivity contribution is 5.47. The Morgan fingerprint density at radius 1 is 1.17 bits per heavy atom. The third kappa shape index (κ3) is 2.09. The van der Waals surface area contributed by atoms with Crippen molar-refractivity contribution in [2.24, 2.45) is 11.8 Å². The van der Waals surface area contributed by atoms with Crippen LogP contribution in [0.15, 0.2) is 0 Å². The number of nitrogens with zero attached hydrogens (tertiary/aromatic N) is 2. The van der Waals surface area contributed by atoms with Crippen LogP contribution in [-0.4, -0.2) is 9.97 Å². The van der Waals surface area contributed by atoms with Crippen molar-refractivity contribution in [2.75, 3.05) is 5.43 Å². The normalized spacial score (nSPS) is 27.0. The lowest BCUT2D eigenvalue weighted by Crippen LogP contribution is -2.18. The summed E-state index contributed by atoms with van der Waals surface area (Å²) in [6, 6.07) is 0. The van der Waals surface area contributed by atoms with Gasteiger partial charge in [0.15, 0.2) is 0 Å². The second-order valence-corrected chi connectivity index (χ2v) is 5.82.